The lowest BCUT2D eigenvalue weighted by molar-refractivity contribution is 0.351. The van der Waals surface area contributed by atoms with Crippen LogP contribution in [0.2, 0.25) is 0 Å². The van der Waals surface area contributed by atoms with Crippen LogP contribution in [-0.4, -0.2) is 33.8 Å². The van der Waals surface area contributed by atoms with E-state index >= 15 is 0 Å². The summed E-state index contributed by atoms with van der Waals surface area (Å²) in [7, 11) is 5.07. The zero-order valence-corrected chi connectivity index (χ0v) is 17.9. The molecular weight excluding hydrogens is 441 g/mol. The zero-order chi connectivity index (χ0) is 17.9. The molecule has 0 atom stereocenters. The lowest BCUT2D eigenvalue weighted by Crippen LogP contribution is -2.37. The highest BCUT2D eigenvalue weighted by Gasteiger charge is 2.09. The predicted octanol–water partition coefficient (Wildman–Crippen LogP) is 3.62. The molecule has 6 heteroatoms. The summed E-state index contributed by atoms with van der Waals surface area (Å²) in [4.78, 5) is 4.27. The van der Waals surface area contributed by atoms with Gasteiger partial charge in [0.05, 0.1) is 14.2 Å². The number of hydrogen-bond donors (Lipinski definition) is 2. The van der Waals surface area contributed by atoms with Gasteiger partial charge >= 0.3 is 0 Å². The van der Waals surface area contributed by atoms with Gasteiger partial charge in [0.1, 0.15) is 0 Å². The maximum absolute atomic E-state index is 5.46. The largest absolute Gasteiger partial charge is 0.493 e. The monoisotopic (exact) mass is 469 g/mol. The Morgan fingerprint density at radius 1 is 0.962 bits per heavy atom. The van der Waals surface area contributed by atoms with Crippen LogP contribution in [0.25, 0.3) is 0 Å². The molecule has 0 fully saturated rings. The van der Waals surface area contributed by atoms with E-state index in [-0.39, 0.29) is 24.0 Å². The number of hydrogen-bond acceptors (Lipinski definition) is 3. The highest BCUT2D eigenvalue weighted by molar-refractivity contribution is 14.0. The average Bonchev–Trinajstić information content (AvgIpc) is 2.67. The number of aryl methyl sites for hydroxylation is 1. The number of guanidine groups is 1. The van der Waals surface area contributed by atoms with Crippen LogP contribution in [0, 0.1) is 0 Å². The molecule has 0 aliphatic heterocycles. The minimum atomic E-state index is 0. The van der Waals surface area contributed by atoms with E-state index in [1.807, 2.05) is 24.3 Å². The van der Waals surface area contributed by atoms with Crippen molar-refractivity contribution in [1.82, 2.24) is 10.6 Å². The molecule has 2 N–H and O–H groups in total. The Hall–Kier alpha value is -1.96. The summed E-state index contributed by atoms with van der Waals surface area (Å²) in [5.41, 5.74) is 2.38. The molecule has 0 spiro atoms. The minimum absolute atomic E-state index is 0. The maximum Gasteiger partial charge on any atom is 0.191 e. The molecule has 0 aliphatic carbocycles. The normalized spacial score (nSPS) is 10.7. The van der Waals surface area contributed by atoms with E-state index in [0.29, 0.717) is 6.54 Å². The molecule has 0 aliphatic rings. The van der Waals surface area contributed by atoms with Crippen LogP contribution in [-0.2, 0) is 13.0 Å². The molecule has 0 amide bonds. The fraction of sp³-hybridized carbons (Fsp3) is 0.350. The fourth-order valence-corrected chi connectivity index (χ4v) is 2.64. The number of benzene rings is 2. The highest BCUT2D eigenvalue weighted by Crippen LogP contribution is 2.30. The number of nitrogens with zero attached hydrogens (tertiary/aromatic N) is 1. The van der Waals surface area contributed by atoms with Gasteiger partial charge in [-0.15, -0.1) is 24.0 Å². The average molecular weight is 469 g/mol. The van der Waals surface area contributed by atoms with E-state index in [0.717, 1.165) is 42.4 Å². The number of aliphatic imine (C=N–C) groups is 1. The molecule has 0 saturated heterocycles. The maximum atomic E-state index is 5.46. The Morgan fingerprint density at radius 2 is 1.73 bits per heavy atom. The molecule has 0 bridgehead atoms. The smallest absolute Gasteiger partial charge is 0.191 e. The van der Waals surface area contributed by atoms with E-state index in [2.05, 4.69) is 39.9 Å². The Balaban J connectivity index is 0.00000338. The number of para-hydroxylation sites is 1. The fourth-order valence-electron chi connectivity index (χ4n) is 2.64. The Labute approximate surface area is 173 Å². The number of methoxy groups -OCH3 is 2. The van der Waals surface area contributed by atoms with Crippen LogP contribution < -0.4 is 20.1 Å². The summed E-state index contributed by atoms with van der Waals surface area (Å²) in [6.07, 6.45) is 2.10. The Bertz CT molecular complexity index is 678. The third-order valence-corrected chi connectivity index (χ3v) is 3.93. The quantitative estimate of drug-likeness (QED) is 0.269. The van der Waals surface area contributed by atoms with Gasteiger partial charge in [0.2, 0.25) is 0 Å². The summed E-state index contributed by atoms with van der Waals surface area (Å²) in [6, 6.07) is 16.4. The number of halogens is 1. The van der Waals surface area contributed by atoms with Crippen LogP contribution in [0.15, 0.2) is 53.5 Å². The van der Waals surface area contributed by atoms with Gasteiger partial charge in [-0.1, -0.05) is 42.5 Å². The molecule has 2 aromatic rings. The first kappa shape index (κ1) is 22.1. The van der Waals surface area contributed by atoms with Crippen LogP contribution >= 0.6 is 24.0 Å². The van der Waals surface area contributed by atoms with Crippen molar-refractivity contribution in [1.29, 1.82) is 0 Å². The van der Waals surface area contributed by atoms with Crippen molar-refractivity contribution in [3.8, 4) is 11.5 Å². The van der Waals surface area contributed by atoms with Crippen LogP contribution in [0.4, 0.5) is 0 Å². The van der Waals surface area contributed by atoms with E-state index in [9.17, 15) is 0 Å². The Morgan fingerprint density at radius 3 is 2.38 bits per heavy atom. The highest BCUT2D eigenvalue weighted by atomic mass is 127. The summed E-state index contributed by atoms with van der Waals surface area (Å²) in [5.74, 6) is 2.25. The van der Waals surface area contributed by atoms with Crippen LogP contribution in [0.5, 0.6) is 11.5 Å². The second-order valence-corrected chi connectivity index (χ2v) is 5.59. The number of nitrogens with one attached hydrogen (secondary N) is 2. The molecule has 0 saturated carbocycles. The van der Waals surface area contributed by atoms with Gasteiger partial charge in [-0.05, 0) is 24.5 Å². The van der Waals surface area contributed by atoms with Crippen molar-refractivity contribution in [3.05, 3.63) is 59.7 Å². The lowest BCUT2D eigenvalue weighted by Gasteiger charge is -2.15. The zero-order valence-electron chi connectivity index (χ0n) is 15.6. The first-order valence-corrected chi connectivity index (χ1v) is 8.46. The van der Waals surface area contributed by atoms with Crippen LogP contribution in [0.1, 0.15) is 17.5 Å². The first-order chi connectivity index (χ1) is 12.3. The van der Waals surface area contributed by atoms with E-state index in [4.69, 9.17) is 9.47 Å². The molecular formula is C20H28IN3O2. The van der Waals surface area contributed by atoms with Crippen molar-refractivity contribution < 1.29 is 9.47 Å². The second-order valence-electron chi connectivity index (χ2n) is 5.59. The third-order valence-electron chi connectivity index (χ3n) is 3.93. The van der Waals surface area contributed by atoms with Gasteiger partial charge in [0.25, 0.3) is 0 Å². The van der Waals surface area contributed by atoms with Gasteiger partial charge in [0, 0.05) is 25.7 Å². The van der Waals surface area contributed by atoms with Crippen molar-refractivity contribution in [2.24, 2.45) is 4.99 Å². The SMILES string of the molecule is CN=C(NCCCc1ccccc1)NCc1cccc(OC)c1OC.I. The van der Waals surface area contributed by atoms with Crippen molar-refractivity contribution in [3.63, 3.8) is 0 Å². The molecule has 0 aromatic heterocycles. The summed E-state index contributed by atoms with van der Waals surface area (Å²) in [5, 5.41) is 6.66. The molecule has 2 aromatic carbocycles. The lowest BCUT2D eigenvalue weighted by atomic mass is 10.1. The molecule has 0 radical (unpaired) electrons. The topological polar surface area (TPSA) is 54.9 Å². The van der Waals surface area contributed by atoms with Gasteiger partial charge in [-0.2, -0.15) is 0 Å². The molecule has 26 heavy (non-hydrogen) atoms. The Kier molecular flexibility index (Phi) is 10.5. The third kappa shape index (κ3) is 6.74. The van der Waals surface area contributed by atoms with Gasteiger partial charge < -0.3 is 20.1 Å². The van der Waals surface area contributed by atoms with Crippen LogP contribution in [0.3, 0.4) is 0 Å². The molecule has 142 valence electrons. The number of rotatable bonds is 8. The first-order valence-electron chi connectivity index (χ1n) is 8.46. The number of ether oxygens (including phenoxy) is 2. The van der Waals surface area contributed by atoms with Gasteiger partial charge in [-0.25, -0.2) is 0 Å². The summed E-state index contributed by atoms with van der Waals surface area (Å²) in [6.45, 7) is 1.47. The molecule has 2 rings (SSSR count). The molecule has 0 unspecified atom stereocenters. The summed E-state index contributed by atoms with van der Waals surface area (Å²) < 4.78 is 10.8. The summed E-state index contributed by atoms with van der Waals surface area (Å²) >= 11 is 0. The van der Waals surface area contributed by atoms with Gasteiger partial charge in [0.15, 0.2) is 17.5 Å². The predicted molar refractivity (Wildman–Crippen MR) is 118 cm³/mol. The van der Waals surface area contributed by atoms with Gasteiger partial charge in [-0.3, -0.25) is 4.99 Å². The van der Waals surface area contributed by atoms with E-state index in [1.54, 1.807) is 21.3 Å². The minimum Gasteiger partial charge on any atom is -0.493 e. The standard InChI is InChI=1S/C20H27N3O2.HI/c1-21-20(22-14-8-11-16-9-5-4-6-10-16)23-15-17-12-7-13-18(24-2)19(17)25-3;/h4-7,9-10,12-13H,8,11,14-15H2,1-3H3,(H2,21,22,23);1H. The molecule has 0 heterocycles. The van der Waals surface area contributed by atoms with E-state index < -0.39 is 0 Å². The molecule has 5 nitrogen and oxygen atoms in total. The van der Waals surface area contributed by atoms with Crippen molar-refractivity contribution in [2.75, 3.05) is 27.8 Å². The van der Waals surface area contributed by atoms with E-state index in [1.165, 1.54) is 5.56 Å². The van der Waals surface area contributed by atoms with Crippen molar-refractivity contribution in [2.45, 2.75) is 19.4 Å². The second kappa shape index (κ2) is 12.4. The van der Waals surface area contributed by atoms with Crippen molar-refractivity contribution >= 4 is 29.9 Å².